The lowest BCUT2D eigenvalue weighted by Gasteiger charge is -2.16. The van der Waals surface area contributed by atoms with Gasteiger partial charge in [0.25, 0.3) is 5.91 Å². The maximum absolute atomic E-state index is 12.2. The van der Waals surface area contributed by atoms with Crippen LogP contribution >= 0.6 is 11.6 Å². The molecular weight excluding hydrogens is 294 g/mol. The molecule has 1 unspecified atom stereocenters. The molecule has 1 amide bonds. The predicted octanol–water partition coefficient (Wildman–Crippen LogP) is 2.90. The van der Waals surface area contributed by atoms with Gasteiger partial charge in [-0.15, -0.1) is 0 Å². The molecule has 0 saturated carbocycles. The van der Waals surface area contributed by atoms with Crippen molar-refractivity contribution < 1.29 is 19.0 Å². The van der Waals surface area contributed by atoms with Gasteiger partial charge in [0, 0.05) is 18.7 Å². The number of carbonyl (C=O) groups excluding carboxylic acids is 1. The van der Waals surface area contributed by atoms with E-state index in [4.69, 9.17) is 25.8 Å². The van der Waals surface area contributed by atoms with Crippen LogP contribution in [-0.2, 0) is 4.74 Å². The summed E-state index contributed by atoms with van der Waals surface area (Å²) >= 11 is 6.18. The Morgan fingerprint density at radius 3 is 2.67 bits per heavy atom. The molecule has 1 aromatic rings. The highest BCUT2D eigenvalue weighted by Gasteiger charge is 2.17. The van der Waals surface area contributed by atoms with Crippen LogP contribution in [0, 0.1) is 0 Å². The van der Waals surface area contributed by atoms with Gasteiger partial charge in [-0.1, -0.05) is 18.5 Å². The third-order valence-corrected chi connectivity index (χ3v) is 3.02. The fraction of sp³-hybridized carbons (Fsp3) is 0.533. The maximum atomic E-state index is 12.2. The first-order valence-electron chi connectivity index (χ1n) is 6.83. The van der Waals surface area contributed by atoms with E-state index in [-0.39, 0.29) is 11.9 Å². The molecule has 0 heterocycles. The van der Waals surface area contributed by atoms with Gasteiger partial charge in [0.15, 0.2) is 11.5 Å². The van der Waals surface area contributed by atoms with E-state index in [0.29, 0.717) is 35.3 Å². The minimum Gasteiger partial charge on any atom is -0.493 e. The van der Waals surface area contributed by atoms with Crippen molar-refractivity contribution >= 4 is 17.5 Å². The van der Waals surface area contributed by atoms with Crippen molar-refractivity contribution in [3.63, 3.8) is 0 Å². The Labute approximate surface area is 130 Å². The normalized spacial score (nSPS) is 11.9. The highest BCUT2D eigenvalue weighted by molar-refractivity contribution is 6.32. The number of carbonyl (C=O) groups is 1. The lowest BCUT2D eigenvalue weighted by molar-refractivity contribution is 0.0905. The molecule has 1 atom stereocenters. The third kappa shape index (κ3) is 5.10. The average molecular weight is 316 g/mol. The molecule has 0 aromatic heterocycles. The molecular formula is C15H22ClNO4. The van der Waals surface area contributed by atoms with Crippen molar-refractivity contribution in [1.82, 2.24) is 5.32 Å². The zero-order valence-electron chi connectivity index (χ0n) is 12.9. The Morgan fingerprint density at radius 1 is 1.38 bits per heavy atom. The summed E-state index contributed by atoms with van der Waals surface area (Å²) in [7, 11) is 3.10. The van der Waals surface area contributed by atoms with Crippen molar-refractivity contribution in [2.24, 2.45) is 0 Å². The van der Waals surface area contributed by atoms with Crippen molar-refractivity contribution in [3.05, 3.63) is 22.7 Å². The average Bonchev–Trinajstić information content (AvgIpc) is 2.45. The summed E-state index contributed by atoms with van der Waals surface area (Å²) in [6, 6.07) is 3.10. The zero-order valence-corrected chi connectivity index (χ0v) is 13.6. The second-order valence-electron chi connectivity index (χ2n) is 4.67. The molecule has 5 nitrogen and oxygen atoms in total. The van der Waals surface area contributed by atoms with Crippen LogP contribution in [0.5, 0.6) is 11.5 Å². The minimum atomic E-state index is -0.234. The smallest absolute Gasteiger partial charge is 0.251 e. The topological polar surface area (TPSA) is 56.8 Å². The Morgan fingerprint density at radius 2 is 2.10 bits per heavy atom. The van der Waals surface area contributed by atoms with Crippen LogP contribution in [0.2, 0.25) is 5.02 Å². The van der Waals surface area contributed by atoms with Gasteiger partial charge >= 0.3 is 0 Å². The van der Waals surface area contributed by atoms with E-state index in [1.54, 1.807) is 19.2 Å². The number of hydrogen-bond acceptors (Lipinski definition) is 4. The highest BCUT2D eigenvalue weighted by Crippen LogP contribution is 2.36. The molecule has 0 spiro atoms. The van der Waals surface area contributed by atoms with Gasteiger partial charge in [0.05, 0.1) is 25.3 Å². The van der Waals surface area contributed by atoms with Gasteiger partial charge in [0.1, 0.15) is 0 Å². The Kier molecular flexibility index (Phi) is 7.32. The summed E-state index contributed by atoms with van der Waals surface area (Å²) in [5, 5.41) is 3.17. The molecule has 0 radical (unpaired) electrons. The fourth-order valence-electron chi connectivity index (χ4n) is 1.79. The number of halogens is 1. The number of methoxy groups -OCH3 is 2. The van der Waals surface area contributed by atoms with Gasteiger partial charge in [-0.3, -0.25) is 4.79 Å². The number of ether oxygens (including phenoxy) is 3. The predicted molar refractivity (Wildman–Crippen MR) is 82.6 cm³/mol. The number of rotatable bonds is 8. The van der Waals surface area contributed by atoms with Crippen molar-refractivity contribution in [2.75, 3.05) is 27.4 Å². The van der Waals surface area contributed by atoms with E-state index in [1.807, 2.05) is 13.8 Å². The molecule has 1 N–H and O–H groups in total. The van der Waals surface area contributed by atoms with Crippen LogP contribution in [0.3, 0.4) is 0 Å². The largest absolute Gasteiger partial charge is 0.493 e. The lowest BCUT2D eigenvalue weighted by atomic mass is 10.1. The van der Waals surface area contributed by atoms with Crippen molar-refractivity contribution in [2.45, 2.75) is 26.3 Å². The van der Waals surface area contributed by atoms with Crippen LogP contribution in [0.1, 0.15) is 30.6 Å². The molecule has 0 aliphatic rings. The van der Waals surface area contributed by atoms with E-state index in [2.05, 4.69) is 5.32 Å². The summed E-state index contributed by atoms with van der Waals surface area (Å²) < 4.78 is 15.8. The van der Waals surface area contributed by atoms with E-state index in [9.17, 15) is 4.79 Å². The van der Waals surface area contributed by atoms with Gasteiger partial charge < -0.3 is 19.5 Å². The maximum Gasteiger partial charge on any atom is 0.251 e. The van der Waals surface area contributed by atoms with E-state index in [0.717, 1.165) is 6.42 Å². The summed E-state index contributed by atoms with van der Waals surface area (Å²) in [5.41, 5.74) is 0.420. The summed E-state index contributed by atoms with van der Waals surface area (Å²) in [6.45, 7) is 4.83. The first kappa shape index (κ1) is 17.6. The monoisotopic (exact) mass is 315 g/mol. The number of hydrogen-bond donors (Lipinski definition) is 1. The van der Waals surface area contributed by atoms with E-state index in [1.165, 1.54) is 7.11 Å². The first-order chi connectivity index (χ1) is 10.0. The summed E-state index contributed by atoms with van der Waals surface area (Å²) in [6.07, 6.45) is 0.857. The zero-order chi connectivity index (χ0) is 15.8. The molecule has 1 rings (SSSR count). The molecule has 6 heteroatoms. The second-order valence-corrected chi connectivity index (χ2v) is 5.07. The lowest BCUT2D eigenvalue weighted by Crippen LogP contribution is -2.35. The molecule has 1 aromatic carbocycles. The molecule has 0 saturated heterocycles. The van der Waals surface area contributed by atoms with Crippen LogP contribution in [-0.4, -0.2) is 39.4 Å². The Hall–Kier alpha value is -1.46. The van der Waals surface area contributed by atoms with Crippen molar-refractivity contribution in [1.29, 1.82) is 0 Å². The van der Waals surface area contributed by atoms with E-state index >= 15 is 0 Å². The van der Waals surface area contributed by atoms with Gasteiger partial charge in [-0.25, -0.2) is 0 Å². The first-order valence-corrected chi connectivity index (χ1v) is 7.21. The summed E-state index contributed by atoms with van der Waals surface area (Å²) in [4.78, 5) is 12.2. The van der Waals surface area contributed by atoms with Crippen molar-refractivity contribution in [3.8, 4) is 11.5 Å². The van der Waals surface area contributed by atoms with Crippen LogP contribution in [0.4, 0.5) is 0 Å². The molecule has 0 aliphatic carbocycles. The number of amides is 1. The van der Waals surface area contributed by atoms with Crippen LogP contribution in [0.25, 0.3) is 0 Å². The van der Waals surface area contributed by atoms with E-state index < -0.39 is 0 Å². The molecule has 0 bridgehead atoms. The summed E-state index contributed by atoms with van der Waals surface area (Å²) in [5.74, 6) is 0.671. The molecule has 0 fully saturated rings. The second kappa shape index (κ2) is 8.74. The van der Waals surface area contributed by atoms with Crippen LogP contribution in [0.15, 0.2) is 12.1 Å². The molecule has 118 valence electrons. The number of benzene rings is 1. The quantitative estimate of drug-likeness (QED) is 0.801. The Balaban J connectivity index is 2.94. The van der Waals surface area contributed by atoms with Crippen LogP contribution < -0.4 is 14.8 Å². The van der Waals surface area contributed by atoms with Gasteiger partial charge in [0.2, 0.25) is 0 Å². The third-order valence-electron chi connectivity index (χ3n) is 2.74. The molecule has 0 aliphatic heterocycles. The number of nitrogens with one attached hydrogen (secondary N) is 1. The minimum absolute atomic E-state index is 0.0942. The standard InChI is InChI=1S/C15H22ClNO4/c1-5-6-21-14-12(16)7-11(8-13(14)20-4)15(18)17-10(2)9-19-3/h7-8,10H,5-6,9H2,1-4H3,(H,17,18). The Bertz CT molecular complexity index is 479. The van der Waals surface area contributed by atoms with Gasteiger partial charge in [-0.05, 0) is 25.5 Å². The van der Waals surface area contributed by atoms with Gasteiger partial charge in [-0.2, -0.15) is 0 Å². The SMILES string of the molecule is CCCOc1c(Cl)cc(C(=O)NC(C)COC)cc1OC. The highest BCUT2D eigenvalue weighted by atomic mass is 35.5. The fourth-order valence-corrected chi connectivity index (χ4v) is 2.06. The molecule has 21 heavy (non-hydrogen) atoms.